The van der Waals surface area contributed by atoms with E-state index in [1.165, 1.54) is 32.1 Å². The molecule has 0 radical (unpaired) electrons. The molecule has 1 saturated heterocycles. The van der Waals surface area contributed by atoms with Gasteiger partial charge in [0.25, 0.3) is 0 Å². The molecule has 2 aliphatic heterocycles. The zero-order valence-corrected chi connectivity index (χ0v) is 13.8. The van der Waals surface area contributed by atoms with Gasteiger partial charge in [0.15, 0.2) is 5.82 Å². The topological polar surface area (TPSA) is 63.1 Å². The van der Waals surface area contributed by atoms with Crippen molar-refractivity contribution in [3.05, 3.63) is 11.6 Å². The second-order valence-electron chi connectivity index (χ2n) is 7.26. The SMILES string of the molecule is O=C(CNCC1CC1)N1CCCCC1c1nnc2n1CCCC2. The smallest absolute Gasteiger partial charge is 0.237 e. The Morgan fingerprint density at radius 1 is 1.09 bits per heavy atom. The normalized spacial score (nSPS) is 24.5. The van der Waals surface area contributed by atoms with Gasteiger partial charge in [0.1, 0.15) is 5.82 Å². The quantitative estimate of drug-likeness (QED) is 0.897. The Kier molecular flexibility index (Phi) is 4.33. The number of carbonyl (C=O) groups excluding carboxylic acids is 1. The highest BCUT2D eigenvalue weighted by molar-refractivity contribution is 5.78. The summed E-state index contributed by atoms with van der Waals surface area (Å²) in [7, 11) is 0. The van der Waals surface area contributed by atoms with Crippen molar-refractivity contribution in [1.29, 1.82) is 0 Å². The lowest BCUT2D eigenvalue weighted by atomic mass is 10.0. The van der Waals surface area contributed by atoms with Gasteiger partial charge in [0.05, 0.1) is 12.6 Å². The molecule has 6 heteroatoms. The minimum atomic E-state index is 0.123. The first-order valence-electron chi connectivity index (χ1n) is 9.25. The van der Waals surface area contributed by atoms with E-state index in [2.05, 4.69) is 25.0 Å². The number of fused-ring (bicyclic) bond motifs is 1. The number of carbonyl (C=O) groups is 1. The van der Waals surface area contributed by atoms with E-state index in [9.17, 15) is 4.79 Å². The average Bonchev–Trinajstić information content (AvgIpc) is 3.31. The van der Waals surface area contributed by atoms with Crippen LogP contribution in [-0.2, 0) is 17.8 Å². The molecule has 1 aliphatic carbocycles. The molecule has 1 aromatic rings. The van der Waals surface area contributed by atoms with Crippen molar-refractivity contribution < 1.29 is 4.79 Å². The Balaban J connectivity index is 1.46. The van der Waals surface area contributed by atoms with E-state index in [4.69, 9.17) is 0 Å². The largest absolute Gasteiger partial charge is 0.331 e. The lowest BCUT2D eigenvalue weighted by Gasteiger charge is -2.35. The number of hydrogen-bond donors (Lipinski definition) is 1. The van der Waals surface area contributed by atoms with Gasteiger partial charge >= 0.3 is 0 Å². The number of likely N-dealkylation sites (tertiary alicyclic amines) is 1. The van der Waals surface area contributed by atoms with Gasteiger partial charge in [-0.3, -0.25) is 4.79 Å². The van der Waals surface area contributed by atoms with Gasteiger partial charge < -0.3 is 14.8 Å². The summed E-state index contributed by atoms with van der Waals surface area (Å²) >= 11 is 0. The van der Waals surface area contributed by atoms with E-state index in [0.29, 0.717) is 6.54 Å². The van der Waals surface area contributed by atoms with Crippen LogP contribution in [0.5, 0.6) is 0 Å². The second kappa shape index (κ2) is 6.59. The molecular weight excluding hydrogens is 290 g/mol. The minimum Gasteiger partial charge on any atom is -0.331 e. The highest BCUT2D eigenvalue weighted by Crippen LogP contribution is 2.31. The Bertz CT molecular complexity index is 565. The van der Waals surface area contributed by atoms with Crippen LogP contribution in [0, 0.1) is 5.92 Å². The van der Waals surface area contributed by atoms with Crippen molar-refractivity contribution in [2.75, 3.05) is 19.6 Å². The first kappa shape index (κ1) is 15.1. The fraction of sp³-hybridized carbons (Fsp3) is 0.824. The average molecular weight is 317 g/mol. The van der Waals surface area contributed by atoms with Crippen LogP contribution >= 0.6 is 0 Å². The van der Waals surface area contributed by atoms with Crippen LogP contribution in [0.25, 0.3) is 0 Å². The molecule has 1 saturated carbocycles. The zero-order chi connectivity index (χ0) is 15.6. The van der Waals surface area contributed by atoms with Crippen LogP contribution in [0.1, 0.15) is 62.6 Å². The van der Waals surface area contributed by atoms with E-state index in [0.717, 1.165) is 56.5 Å². The summed E-state index contributed by atoms with van der Waals surface area (Å²) in [5, 5.41) is 12.2. The molecule has 1 atom stereocenters. The number of rotatable bonds is 5. The fourth-order valence-corrected chi connectivity index (χ4v) is 3.88. The summed E-state index contributed by atoms with van der Waals surface area (Å²) in [6.45, 7) is 3.32. The monoisotopic (exact) mass is 317 g/mol. The van der Waals surface area contributed by atoms with Crippen LogP contribution in [0.3, 0.4) is 0 Å². The number of hydrogen-bond acceptors (Lipinski definition) is 4. The fourth-order valence-electron chi connectivity index (χ4n) is 3.88. The van der Waals surface area contributed by atoms with Crippen LogP contribution in [0.2, 0.25) is 0 Å². The maximum absolute atomic E-state index is 12.7. The van der Waals surface area contributed by atoms with Gasteiger partial charge in [-0.2, -0.15) is 0 Å². The van der Waals surface area contributed by atoms with Gasteiger partial charge in [-0.25, -0.2) is 0 Å². The lowest BCUT2D eigenvalue weighted by molar-refractivity contribution is -0.134. The number of nitrogens with zero attached hydrogens (tertiary/aromatic N) is 4. The number of piperidine rings is 1. The number of amides is 1. The maximum Gasteiger partial charge on any atom is 0.237 e. The maximum atomic E-state index is 12.7. The Hall–Kier alpha value is -1.43. The predicted molar refractivity (Wildman–Crippen MR) is 86.9 cm³/mol. The van der Waals surface area contributed by atoms with E-state index < -0.39 is 0 Å². The highest BCUT2D eigenvalue weighted by atomic mass is 16.2. The molecular formula is C17H27N5O. The van der Waals surface area contributed by atoms with Crippen LogP contribution in [0.15, 0.2) is 0 Å². The van der Waals surface area contributed by atoms with Crippen molar-refractivity contribution >= 4 is 5.91 Å². The summed E-state index contributed by atoms with van der Waals surface area (Å²) < 4.78 is 2.28. The van der Waals surface area contributed by atoms with Crippen molar-refractivity contribution in [2.45, 2.75) is 64.0 Å². The summed E-state index contributed by atoms with van der Waals surface area (Å²) in [4.78, 5) is 14.7. The molecule has 2 fully saturated rings. The Labute approximate surface area is 137 Å². The van der Waals surface area contributed by atoms with Gasteiger partial charge in [0.2, 0.25) is 5.91 Å². The third-order valence-corrected chi connectivity index (χ3v) is 5.42. The van der Waals surface area contributed by atoms with Crippen molar-refractivity contribution in [3.63, 3.8) is 0 Å². The molecule has 6 nitrogen and oxygen atoms in total. The van der Waals surface area contributed by atoms with Gasteiger partial charge in [-0.1, -0.05) is 0 Å². The van der Waals surface area contributed by atoms with Crippen LogP contribution < -0.4 is 5.32 Å². The second-order valence-corrected chi connectivity index (χ2v) is 7.26. The van der Waals surface area contributed by atoms with E-state index in [1.807, 2.05) is 0 Å². The first-order chi connectivity index (χ1) is 11.3. The third-order valence-electron chi connectivity index (χ3n) is 5.42. The molecule has 1 N–H and O–H groups in total. The molecule has 0 aromatic carbocycles. The molecule has 3 aliphatic rings. The van der Waals surface area contributed by atoms with Crippen LogP contribution in [-0.4, -0.2) is 45.2 Å². The van der Waals surface area contributed by atoms with E-state index in [-0.39, 0.29) is 11.9 Å². The number of aryl methyl sites for hydroxylation is 1. The van der Waals surface area contributed by atoms with Gasteiger partial charge in [0, 0.05) is 19.5 Å². The van der Waals surface area contributed by atoms with E-state index >= 15 is 0 Å². The molecule has 3 heterocycles. The molecule has 4 rings (SSSR count). The molecule has 23 heavy (non-hydrogen) atoms. The molecule has 1 unspecified atom stereocenters. The Morgan fingerprint density at radius 3 is 2.83 bits per heavy atom. The van der Waals surface area contributed by atoms with Crippen molar-refractivity contribution in [3.8, 4) is 0 Å². The molecule has 0 bridgehead atoms. The highest BCUT2D eigenvalue weighted by Gasteiger charge is 2.32. The number of aromatic nitrogens is 3. The van der Waals surface area contributed by atoms with Gasteiger partial charge in [-0.05, 0) is 57.4 Å². The lowest BCUT2D eigenvalue weighted by Crippen LogP contribution is -2.44. The Morgan fingerprint density at radius 2 is 1.96 bits per heavy atom. The molecule has 0 spiro atoms. The summed E-state index contributed by atoms with van der Waals surface area (Å²) in [5.74, 6) is 3.16. The van der Waals surface area contributed by atoms with Crippen molar-refractivity contribution in [1.82, 2.24) is 25.0 Å². The summed E-state index contributed by atoms with van der Waals surface area (Å²) in [6, 6.07) is 0.123. The first-order valence-corrected chi connectivity index (χ1v) is 9.25. The number of nitrogens with one attached hydrogen (secondary N) is 1. The minimum absolute atomic E-state index is 0.123. The van der Waals surface area contributed by atoms with E-state index in [1.54, 1.807) is 0 Å². The molecule has 1 amide bonds. The standard InChI is InChI=1S/C17H27N5O/c23-16(12-18-11-13-7-8-13)21-9-3-1-5-14(21)17-20-19-15-6-2-4-10-22(15)17/h13-14,18H,1-12H2. The zero-order valence-electron chi connectivity index (χ0n) is 13.8. The molecule has 1 aromatic heterocycles. The summed E-state index contributed by atoms with van der Waals surface area (Å²) in [6.07, 6.45) is 9.36. The summed E-state index contributed by atoms with van der Waals surface area (Å²) in [5.41, 5.74) is 0. The van der Waals surface area contributed by atoms with Crippen LogP contribution in [0.4, 0.5) is 0 Å². The molecule has 126 valence electrons. The van der Waals surface area contributed by atoms with Gasteiger partial charge in [-0.15, -0.1) is 10.2 Å². The third kappa shape index (κ3) is 3.27. The van der Waals surface area contributed by atoms with Crippen molar-refractivity contribution in [2.24, 2.45) is 5.92 Å². The predicted octanol–water partition coefficient (Wildman–Crippen LogP) is 1.67.